The lowest BCUT2D eigenvalue weighted by molar-refractivity contribution is 0.0266. The summed E-state index contributed by atoms with van der Waals surface area (Å²) in [6.45, 7) is 32.8. The lowest BCUT2D eigenvalue weighted by atomic mass is 10.1. The van der Waals surface area contributed by atoms with E-state index in [1.807, 2.05) is 32.9 Å². The molecule has 0 fully saturated rings. The molecule has 1 aromatic carbocycles. The maximum atomic E-state index is 14.2. The van der Waals surface area contributed by atoms with E-state index >= 15 is 0 Å². The summed E-state index contributed by atoms with van der Waals surface area (Å²) in [5.41, 5.74) is -4.33. The molecule has 0 aromatic heterocycles. The van der Waals surface area contributed by atoms with Crippen molar-refractivity contribution in [1.82, 2.24) is 25.3 Å². The highest BCUT2D eigenvalue weighted by atomic mass is 16.6. The first-order chi connectivity index (χ1) is 34.4. The van der Waals surface area contributed by atoms with E-state index in [0.717, 1.165) is 31.2 Å². The molecule has 1 aliphatic rings. The van der Waals surface area contributed by atoms with E-state index in [9.17, 15) is 28.8 Å². The smallest absolute Gasteiger partial charge is 0.437 e. The Labute approximate surface area is 446 Å². The summed E-state index contributed by atoms with van der Waals surface area (Å²) in [5, 5.41) is 5.47. The fourth-order valence-electron chi connectivity index (χ4n) is 6.62. The SMILES string of the molecule is CC(C)(C)OC(=O)/N=C(\NCCCCCCCCN(C(=O)OC(C)(C)C)/C(=N\C(=O)OC(C)(C)C)N(CCCCOc1ccc(C2=NCCCN2C(=O)OC(C)(C)C)cc1)C(=O)OC(C)(C)C)NC(=O)OC(C)(C)C. The molecule has 21 heteroatoms. The minimum absolute atomic E-state index is 0.0238. The number of nitrogens with zero attached hydrogens (tertiary/aromatic N) is 6. The highest BCUT2D eigenvalue weighted by molar-refractivity contribution is 6.07. The number of aliphatic imine (C=N–C) groups is 3. The van der Waals surface area contributed by atoms with Crippen molar-refractivity contribution >= 4 is 54.3 Å². The number of guanidine groups is 2. The van der Waals surface area contributed by atoms with Crippen molar-refractivity contribution in [2.24, 2.45) is 15.0 Å². The third kappa shape index (κ3) is 28.9. The first-order valence-corrected chi connectivity index (χ1v) is 26.1. The van der Waals surface area contributed by atoms with Crippen molar-refractivity contribution < 1.29 is 61.9 Å². The van der Waals surface area contributed by atoms with Crippen LogP contribution in [0.25, 0.3) is 0 Å². The average molecular weight is 1060 g/mol. The minimum Gasteiger partial charge on any atom is -0.494 e. The van der Waals surface area contributed by atoms with Crippen molar-refractivity contribution in [3.63, 3.8) is 0 Å². The summed E-state index contributed by atoms with van der Waals surface area (Å²) in [5.74, 6) is 0.715. The molecule has 1 aliphatic heterocycles. The number of alkyl carbamates (subject to hydrolysis) is 1. The second-order valence-electron chi connectivity index (χ2n) is 24.0. The molecule has 75 heavy (non-hydrogen) atoms. The van der Waals surface area contributed by atoms with Crippen LogP contribution in [0.2, 0.25) is 0 Å². The summed E-state index contributed by atoms with van der Waals surface area (Å²) >= 11 is 0. The van der Waals surface area contributed by atoms with Gasteiger partial charge in [0.05, 0.1) is 6.61 Å². The number of carbonyl (C=O) groups is 6. The van der Waals surface area contributed by atoms with Gasteiger partial charge in [-0.2, -0.15) is 0 Å². The lowest BCUT2D eigenvalue weighted by Crippen LogP contribution is -2.53. The topological polar surface area (TPSA) is 238 Å². The molecule has 21 nitrogen and oxygen atoms in total. The first kappa shape index (κ1) is 65.0. The monoisotopic (exact) mass is 1060 g/mol. The van der Waals surface area contributed by atoms with Gasteiger partial charge < -0.3 is 38.5 Å². The second-order valence-corrected chi connectivity index (χ2v) is 24.0. The summed E-state index contributed by atoms with van der Waals surface area (Å²) in [6, 6.07) is 7.26. The maximum absolute atomic E-state index is 14.2. The molecule has 2 N–H and O–H groups in total. The van der Waals surface area contributed by atoms with Gasteiger partial charge in [-0.1, -0.05) is 25.7 Å². The molecule has 1 aromatic rings. The first-order valence-electron chi connectivity index (χ1n) is 26.1. The Morgan fingerprint density at radius 2 is 1.01 bits per heavy atom. The van der Waals surface area contributed by atoms with Crippen LogP contribution in [0.1, 0.15) is 188 Å². The van der Waals surface area contributed by atoms with E-state index in [2.05, 4.69) is 25.6 Å². The van der Waals surface area contributed by atoms with E-state index in [0.29, 0.717) is 63.3 Å². The van der Waals surface area contributed by atoms with Crippen molar-refractivity contribution in [2.45, 2.75) is 216 Å². The average Bonchev–Trinajstić information content (AvgIpc) is 3.21. The van der Waals surface area contributed by atoms with Gasteiger partial charge in [-0.3, -0.25) is 15.2 Å². The lowest BCUT2D eigenvalue weighted by Gasteiger charge is -2.34. The number of carbonyl (C=O) groups excluding carboxylic acids is 6. The largest absolute Gasteiger partial charge is 0.494 e. The standard InChI is InChI=1S/C54H90N8O13/c1-49(2,3)70-43(63)57-41(58-44(64)71-50(4,5)6)56-32-23-21-19-20-22-24-34-61(47(67)74-53(13,14)15)42(59-45(65)72-51(7,8)9)62(48(68)75-54(16,17)18)35-25-26-37-69-39-30-28-38(29-31-39)40-55-33-27-36-60(40)46(66)73-52(10,11)12/h28-31H,19-27,32-37H2,1-18H3,(H2,56,57,58,63,64)/b59-42+. The van der Waals surface area contributed by atoms with E-state index in [-0.39, 0.29) is 31.6 Å². The van der Waals surface area contributed by atoms with Gasteiger partial charge in [0.2, 0.25) is 11.9 Å². The Morgan fingerprint density at radius 1 is 0.560 bits per heavy atom. The summed E-state index contributed by atoms with van der Waals surface area (Å²) in [7, 11) is 0. The third-order valence-corrected chi connectivity index (χ3v) is 9.44. The number of hydrogen-bond acceptors (Lipinski definition) is 14. The van der Waals surface area contributed by atoms with Crippen molar-refractivity contribution in [1.29, 1.82) is 0 Å². The van der Waals surface area contributed by atoms with Gasteiger partial charge in [-0.25, -0.2) is 38.6 Å². The number of ether oxygens (including phenoxy) is 7. The number of amides is 6. The highest BCUT2D eigenvalue weighted by Crippen LogP contribution is 2.22. The van der Waals surface area contributed by atoms with Crippen LogP contribution in [-0.4, -0.2) is 142 Å². The fraction of sp³-hybridized carbons (Fsp3) is 0.722. The van der Waals surface area contributed by atoms with Gasteiger partial charge >= 0.3 is 36.6 Å². The number of hydrogen-bond donors (Lipinski definition) is 2. The number of benzene rings is 1. The molecule has 0 bridgehead atoms. The van der Waals surface area contributed by atoms with Gasteiger partial charge in [0, 0.05) is 38.3 Å². The highest BCUT2D eigenvalue weighted by Gasteiger charge is 2.36. The van der Waals surface area contributed by atoms with Crippen LogP contribution in [0.15, 0.2) is 39.2 Å². The van der Waals surface area contributed by atoms with Crippen LogP contribution in [-0.2, 0) is 28.4 Å². The van der Waals surface area contributed by atoms with Crippen LogP contribution in [0, 0.1) is 0 Å². The van der Waals surface area contributed by atoms with E-state index < -0.39 is 70.2 Å². The molecular formula is C54H90N8O13. The number of amidine groups is 1. The summed E-state index contributed by atoms with van der Waals surface area (Å²) < 4.78 is 39.6. The maximum Gasteiger partial charge on any atom is 0.437 e. The molecule has 0 radical (unpaired) electrons. The molecule has 0 saturated carbocycles. The Kier molecular flexibility index (Phi) is 24.8. The van der Waals surface area contributed by atoms with Crippen LogP contribution < -0.4 is 15.4 Å². The van der Waals surface area contributed by atoms with Crippen LogP contribution in [0.3, 0.4) is 0 Å². The van der Waals surface area contributed by atoms with Crippen molar-refractivity contribution in [3.8, 4) is 5.75 Å². The molecule has 2 rings (SSSR count). The molecular weight excluding hydrogens is 969 g/mol. The van der Waals surface area contributed by atoms with Gasteiger partial charge in [0.15, 0.2) is 0 Å². The number of nitrogens with one attached hydrogen (secondary N) is 2. The molecule has 1 heterocycles. The predicted octanol–water partition coefficient (Wildman–Crippen LogP) is 11.7. The van der Waals surface area contributed by atoms with Gasteiger partial charge in [0.1, 0.15) is 45.2 Å². The number of unbranched alkanes of at least 4 members (excludes halogenated alkanes) is 6. The van der Waals surface area contributed by atoms with Crippen LogP contribution in [0.4, 0.5) is 28.8 Å². The van der Waals surface area contributed by atoms with E-state index in [1.165, 1.54) is 9.80 Å². The predicted molar refractivity (Wildman–Crippen MR) is 288 cm³/mol. The van der Waals surface area contributed by atoms with Gasteiger partial charge in [-0.15, -0.1) is 9.98 Å². The molecule has 0 saturated heterocycles. The zero-order chi connectivity index (χ0) is 57.0. The van der Waals surface area contributed by atoms with Crippen molar-refractivity contribution in [3.05, 3.63) is 29.8 Å². The molecule has 0 aliphatic carbocycles. The zero-order valence-electron chi connectivity index (χ0n) is 48.4. The molecule has 6 amide bonds. The van der Waals surface area contributed by atoms with Crippen LogP contribution in [0.5, 0.6) is 5.75 Å². The molecule has 424 valence electrons. The van der Waals surface area contributed by atoms with Crippen molar-refractivity contribution in [2.75, 3.05) is 39.3 Å². The van der Waals surface area contributed by atoms with Gasteiger partial charge in [0.25, 0.3) is 0 Å². The molecule has 0 unspecified atom stereocenters. The minimum atomic E-state index is -1.02. The Morgan fingerprint density at radius 3 is 1.51 bits per heavy atom. The Hall–Kier alpha value is -6.15. The summed E-state index contributed by atoms with van der Waals surface area (Å²) in [4.78, 5) is 96.5. The summed E-state index contributed by atoms with van der Waals surface area (Å²) in [6.07, 6.45) is 0.799. The van der Waals surface area contributed by atoms with Gasteiger partial charge in [-0.05, 0) is 181 Å². The number of rotatable bonds is 16. The quantitative estimate of drug-likeness (QED) is 0.0678. The molecule has 0 spiro atoms. The second kappa shape index (κ2) is 28.7. The Balaban J connectivity index is 2.27. The van der Waals surface area contributed by atoms with Crippen LogP contribution >= 0.6 is 0 Å². The third-order valence-electron chi connectivity index (χ3n) is 9.44. The zero-order valence-corrected chi connectivity index (χ0v) is 48.4. The Bertz CT molecular complexity index is 2130. The van der Waals surface area contributed by atoms with E-state index in [1.54, 1.807) is 121 Å². The fourth-order valence-corrected chi connectivity index (χ4v) is 6.62. The molecule has 0 atom stereocenters. The normalized spacial score (nSPS) is 13.9. The van der Waals surface area contributed by atoms with E-state index in [4.69, 9.17) is 33.2 Å².